The van der Waals surface area contributed by atoms with Crippen LogP contribution in [0.1, 0.15) is 31.7 Å². The first-order valence-corrected chi connectivity index (χ1v) is 12.1. The predicted octanol–water partition coefficient (Wildman–Crippen LogP) is 3.70. The fraction of sp³-hybridized carbons (Fsp3) is 0.435. The highest BCUT2D eigenvalue weighted by Gasteiger charge is 2.32. The summed E-state index contributed by atoms with van der Waals surface area (Å²) in [5.41, 5.74) is 1.80. The Morgan fingerprint density at radius 3 is 2.73 bits per heavy atom. The summed E-state index contributed by atoms with van der Waals surface area (Å²) in [4.78, 5) is 12.7. The zero-order valence-corrected chi connectivity index (χ0v) is 18.2. The van der Waals surface area contributed by atoms with Crippen LogP contribution in [0, 0.1) is 5.92 Å². The largest absolute Gasteiger partial charge is 0.494 e. The Bertz CT molecular complexity index is 931. The summed E-state index contributed by atoms with van der Waals surface area (Å²) in [5.74, 6) is 0.305. The molecule has 0 aromatic heterocycles. The third-order valence-electron chi connectivity index (χ3n) is 5.27. The first-order valence-electron chi connectivity index (χ1n) is 10.5. The third kappa shape index (κ3) is 6.31. The average molecular weight is 431 g/mol. The molecule has 1 heterocycles. The number of rotatable bonds is 9. The number of amides is 1. The maximum absolute atomic E-state index is 12.8. The van der Waals surface area contributed by atoms with Gasteiger partial charge in [0, 0.05) is 24.8 Å². The van der Waals surface area contributed by atoms with Crippen LogP contribution in [0.5, 0.6) is 5.75 Å². The van der Waals surface area contributed by atoms with E-state index >= 15 is 0 Å². The fourth-order valence-electron chi connectivity index (χ4n) is 3.72. The van der Waals surface area contributed by atoms with Crippen LogP contribution in [0.25, 0.3) is 0 Å². The first kappa shape index (κ1) is 22.3. The van der Waals surface area contributed by atoms with Gasteiger partial charge in [0.15, 0.2) is 0 Å². The van der Waals surface area contributed by atoms with E-state index < -0.39 is 10.0 Å². The number of carbonyl (C=O) groups excluding carboxylic acids is 1. The van der Waals surface area contributed by atoms with Crippen molar-refractivity contribution in [3.05, 3.63) is 60.2 Å². The van der Waals surface area contributed by atoms with Gasteiger partial charge in [0.05, 0.1) is 18.3 Å². The van der Waals surface area contributed by atoms with Gasteiger partial charge < -0.3 is 10.1 Å². The summed E-state index contributed by atoms with van der Waals surface area (Å²) < 4.78 is 32.5. The van der Waals surface area contributed by atoms with Gasteiger partial charge in [-0.25, -0.2) is 12.7 Å². The number of piperidine rings is 1. The van der Waals surface area contributed by atoms with Crippen molar-refractivity contribution in [1.29, 1.82) is 0 Å². The molecule has 1 aliphatic heterocycles. The summed E-state index contributed by atoms with van der Waals surface area (Å²) >= 11 is 0. The molecule has 2 aromatic carbocycles. The number of sulfonamides is 1. The molecule has 1 unspecified atom stereocenters. The molecule has 7 heteroatoms. The van der Waals surface area contributed by atoms with E-state index in [0.29, 0.717) is 43.9 Å². The van der Waals surface area contributed by atoms with Gasteiger partial charge in [0.25, 0.3) is 0 Å². The van der Waals surface area contributed by atoms with Gasteiger partial charge in [-0.2, -0.15) is 0 Å². The molecule has 1 saturated heterocycles. The molecule has 6 nitrogen and oxygen atoms in total. The molecule has 162 valence electrons. The molecular weight excluding hydrogens is 400 g/mol. The van der Waals surface area contributed by atoms with Gasteiger partial charge >= 0.3 is 0 Å². The predicted molar refractivity (Wildman–Crippen MR) is 119 cm³/mol. The molecule has 1 N–H and O–H groups in total. The molecule has 30 heavy (non-hydrogen) atoms. The molecule has 3 rings (SSSR count). The van der Waals surface area contributed by atoms with Crippen LogP contribution in [0.3, 0.4) is 0 Å². The van der Waals surface area contributed by atoms with Crippen LogP contribution >= 0.6 is 0 Å². The van der Waals surface area contributed by atoms with Crippen molar-refractivity contribution >= 4 is 21.6 Å². The lowest BCUT2D eigenvalue weighted by molar-refractivity contribution is -0.120. The highest BCUT2D eigenvalue weighted by molar-refractivity contribution is 7.89. The highest BCUT2D eigenvalue weighted by Crippen LogP contribution is 2.23. The van der Waals surface area contributed by atoms with Crippen molar-refractivity contribution in [2.45, 2.75) is 32.6 Å². The number of hydrogen-bond donors (Lipinski definition) is 1. The summed E-state index contributed by atoms with van der Waals surface area (Å²) in [5, 5.41) is 2.91. The van der Waals surface area contributed by atoms with E-state index in [9.17, 15) is 13.2 Å². The molecule has 1 amide bonds. The maximum Gasteiger partial charge on any atom is 0.228 e. The van der Waals surface area contributed by atoms with Crippen LogP contribution in [0.2, 0.25) is 0 Å². The molecule has 1 aliphatic rings. The minimum absolute atomic E-state index is 0.104. The van der Waals surface area contributed by atoms with E-state index in [2.05, 4.69) is 5.32 Å². The number of hydrogen-bond acceptors (Lipinski definition) is 4. The number of nitrogens with zero attached hydrogens (tertiary/aromatic N) is 1. The van der Waals surface area contributed by atoms with Crippen LogP contribution in [-0.2, 0) is 21.2 Å². The monoisotopic (exact) mass is 430 g/mol. The summed E-state index contributed by atoms with van der Waals surface area (Å²) in [6.45, 7) is 3.18. The van der Waals surface area contributed by atoms with Crippen molar-refractivity contribution in [2.24, 2.45) is 5.92 Å². The van der Waals surface area contributed by atoms with Gasteiger partial charge in [0.2, 0.25) is 15.9 Å². The fourth-order valence-corrected chi connectivity index (χ4v) is 5.30. The Morgan fingerprint density at radius 1 is 1.17 bits per heavy atom. The highest BCUT2D eigenvalue weighted by atomic mass is 32.2. The van der Waals surface area contributed by atoms with Gasteiger partial charge in [-0.1, -0.05) is 36.4 Å². The zero-order valence-electron chi connectivity index (χ0n) is 17.4. The van der Waals surface area contributed by atoms with E-state index in [4.69, 9.17) is 4.74 Å². The molecule has 1 fully saturated rings. The van der Waals surface area contributed by atoms with Gasteiger partial charge in [-0.05, 0) is 50.3 Å². The molecule has 0 saturated carbocycles. The molecule has 1 atom stereocenters. The number of ether oxygens (including phenoxy) is 1. The minimum atomic E-state index is -3.37. The SMILES string of the molecule is CCOc1cccc(NC(=O)C2CCCN(S(=O)(=O)CCCc3ccccc3)C2)c1. The molecule has 2 aromatic rings. The summed E-state index contributed by atoms with van der Waals surface area (Å²) in [7, 11) is -3.37. The average Bonchev–Trinajstić information content (AvgIpc) is 2.75. The minimum Gasteiger partial charge on any atom is -0.494 e. The lowest BCUT2D eigenvalue weighted by atomic mass is 9.98. The van der Waals surface area contributed by atoms with Crippen molar-refractivity contribution < 1.29 is 17.9 Å². The number of anilines is 1. The van der Waals surface area contributed by atoms with Crippen LogP contribution in [0.15, 0.2) is 54.6 Å². The normalized spacial score (nSPS) is 17.4. The Kier molecular flexibility index (Phi) is 7.87. The quantitative estimate of drug-likeness (QED) is 0.658. The summed E-state index contributed by atoms with van der Waals surface area (Å²) in [6.07, 6.45) is 2.68. The second-order valence-electron chi connectivity index (χ2n) is 7.55. The Hall–Kier alpha value is -2.38. The molecular formula is C23H30N2O4S. The molecule has 0 spiro atoms. The van der Waals surface area contributed by atoms with Crippen molar-refractivity contribution in [2.75, 3.05) is 30.8 Å². The topological polar surface area (TPSA) is 75.7 Å². The maximum atomic E-state index is 12.8. The Morgan fingerprint density at radius 2 is 1.97 bits per heavy atom. The zero-order chi connectivity index (χ0) is 21.4. The molecule has 0 aliphatic carbocycles. The second kappa shape index (κ2) is 10.6. The van der Waals surface area contributed by atoms with E-state index in [1.54, 1.807) is 12.1 Å². The van der Waals surface area contributed by atoms with Crippen LogP contribution < -0.4 is 10.1 Å². The molecule has 0 bridgehead atoms. The van der Waals surface area contributed by atoms with E-state index in [1.807, 2.05) is 49.4 Å². The lowest BCUT2D eigenvalue weighted by Gasteiger charge is -2.31. The lowest BCUT2D eigenvalue weighted by Crippen LogP contribution is -2.44. The third-order valence-corrected chi connectivity index (χ3v) is 7.19. The molecule has 0 radical (unpaired) electrons. The van der Waals surface area contributed by atoms with E-state index in [-0.39, 0.29) is 24.1 Å². The van der Waals surface area contributed by atoms with Crippen LogP contribution in [-0.4, -0.2) is 44.1 Å². The Balaban J connectivity index is 1.54. The van der Waals surface area contributed by atoms with E-state index in [1.165, 1.54) is 4.31 Å². The number of aryl methyl sites for hydroxylation is 1. The Labute approximate surface area is 179 Å². The number of carbonyl (C=O) groups is 1. The second-order valence-corrected chi connectivity index (χ2v) is 9.64. The van der Waals surface area contributed by atoms with Crippen LogP contribution in [0.4, 0.5) is 5.69 Å². The number of benzene rings is 2. The van der Waals surface area contributed by atoms with Crippen molar-refractivity contribution in [1.82, 2.24) is 4.31 Å². The summed E-state index contributed by atoms with van der Waals surface area (Å²) in [6, 6.07) is 17.1. The van der Waals surface area contributed by atoms with Gasteiger partial charge in [-0.3, -0.25) is 4.79 Å². The first-order chi connectivity index (χ1) is 14.5. The van der Waals surface area contributed by atoms with Gasteiger partial charge in [0.1, 0.15) is 5.75 Å². The van der Waals surface area contributed by atoms with E-state index in [0.717, 1.165) is 12.0 Å². The smallest absolute Gasteiger partial charge is 0.228 e. The van der Waals surface area contributed by atoms with Gasteiger partial charge in [-0.15, -0.1) is 0 Å². The van der Waals surface area contributed by atoms with Crippen molar-refractivity contribution in [3.8, 4) is 5.75 Å². The number of nitrogens with one attached hydrogen (secondary N) is 1. The standard InChI is InChI=1S/C23H30N2O4S/c1-2-29-22-14-6-13-21(17-22)24-23(26)20-12-7-15-25(18-20)30(27,28)16-8-11-19-9-4-3-5-10-19/h3-6,9-10,13-14,17,20H,2,7-8,11-12,15-16,18H2,1H3,(H,24,26). The van der Waals surface area contributed by atoms with Crippen molar-refractivity contribution in [3.63, 3.8) is 0 Å².